The molecule has 0 amide bonds. The molecule has 7 nitrogen and oxygen atoms in total. The molecule has 3 N–H and O–H groups in total. The van der Waals surface area contributed by atoms with Gasteiger partial charge < -0.3 is 5.11 Å². The third kappa shape index (κ3) is 18.9. The maximum Gasteiger partial charge on any atom is 0.394 e. The molecular formula is C8H17NO6S. The van der Waals surface area contributed by atoms with Crippen LogP contribution in [0.4, 0.5) is 0 Å². The van der Waals surface area contributed by atoms with Crippen LogP contribution < -0.4 is 0 Å². The molecule has 0 heterocycles. The van der Waals surface area contributed by atoms with Gasteiger partial charge in [-0.15, -0.1) is 0 Å². The second kappa shape index (κ2) is 8.36. The van der Waals surface area contributed by atoms with E-state index in [4.69, 9.17) is 22.6 Å². The van der Waals surface area contributed by atoms with Crippen LogP contribution in [0, 0.1) is 0 Å². The molecular weight excluding hydrogens is 238 g/mol. The van der Waals surface area contributed by atoms with E-state index in [9.17, 15) is 4.79 Å². The molecule has 0 aliphatic rings. The van der Waals surface area contributed by atoms with Gasteiger partial charge in [0.2, 0.25) is 0 Å². The lowest BCUT2D eigenvalue weighted by molar-refractivity contribution is -0.116. The normalized spacial score (nSPS) is 10.6. The van der Waals surface area contributed by atoms with E-state index in [2.05, 4.69) is 6.58 Å². The number of likely N-dealkylation sites (N-methyl/N-ethyl adjacent to an activating group) is 1. The first kappa shape index (κ1) is 17.6. The average Bonchev–Trinajstić information content (AvgIpc) is 2.00. The maximum absolute atomic E-state index is 11.0. The molecule has 0 aromatic heterocycles. The number of Topliss-reactive ketones (excluding diaryl/α,β-unsaturated/α-hetero) is 1. The number of rotatable bonds is 5. The minimum absolute atomic E-state index is 0.0287. The summed E-state index contributed by atoms with van der Waals surface area (Å²) in [6.07, 6.45) is 0. The second-order valence-corrected chi connectivity index (χ2v) is 4.01. The monoisotopic (exact) mass is 255 g/mol. The lowest BCUT2D eigenvalue weighted by Gasteiger charge is -2.13. The first-order chi connectivity index (χ1) is 7.07. The van der Waals surface area contributed by atoms with Gasteiger partial charge in [0.25, 0.3) is 0 Å². The minimum Gasteiger partial charge on any atom is -0.395 e. The van der Waals surface area contributed by atoms with Crippen molar-refractivity contribution in [3.8, 4) is 0 Å². The van der Waals surface area contributed by atoms with Gasteiger partial charge >= 0.3 is 10.4 Å². The molecule has 0 aliphatic carbocycles. The topological polar surface area (TPSA) is 115 Å². The highest BCUT2D eigenvalue weighted by atomic mass is 32.3. The molecule has 96 valence electrons. The Labute approximate surface area is 95.0 Å². The highest BCUT2D eigenvalue weighted by Gasteiger charge is 2.05. The van der Waals surface area contributed by atoms with Gasteiger partial charge in [-0.25, -0.2) is 0 Å². The van der Waals surface area contributed by atoms with Gasteiger partial charge in [-0.2, -0.15) is 8.42 Å². The van der Waals surface area contributed by atoms with Gasteiger partial charge in [0.15, 0.2) is 5.78 Å². The predicted molar refractivity (Wildman–Crippen MR) is 58.6 cm³/mol. The number of carbonyl (C=O) groups excluding carboxylic acids is 1. The maximum atomic E-state index is 11.0. The zero-order valence-corrected chi connectivity index (χ0v) is 10.1. The molecule has 0 aromatic rings. The summed E-state index contributed by atoms with van der Waals surface area (Å²) in [6, 6.07) is 0. The molecule has 0 saturated carbocycles. The van der Waals surface area contributed by atoms with Crippen LogP contribution in [0.5, 0.6) is 0 Å². The number of aliphatic hydroxyl groups excluding tert-OH is 1. The Morgan fingerprint density at radius 2 is 1.75 bits per heavy atom. The van der Waals surface area contributed by atoms with Crippen molar-refractivity contribution in [1.82, 2.24) is 4.90 Å². The zero-order chi connectivity index (χ0) is 13.4. The van der Waals surface area contributed by atoms with Crippen molar-refractivity contribution < 1.29 is 27.4 Å². The molecule has 0 aromatic carbocycles. The number of aliphatic hydroxyl groups is 1. The Morgan fingerprint density at radius 1 is 1.38 bits per heavy atom. The largest absolute Gasteiger partial charge is 0.395 e. The summed E-state index contributed by atoms with van der Waals surface area (Å²) in [5.41, 5.74) is 0.565. The van der Waals surface area contributed by atoms with E-state index >= 15 is 0 Å². The molecule has 0 atom stereocenters. The lowest BCUT2D eigenvalue weighted by Crippen LogP contribution is -2.28. The van der Waals surface area contributed by atoms with E-state index in [1.807, 2.05) is 0 Å². The van der Waals surface area contributed by atoms with Gasteiger partial charge in [-0.1, -0.05) is 6.58 Å². The quantitative estimate of drug-likeness (QED) is 0.444. The fourth-order valence-electron chi connectivity index (χ4n) is 0.630. The van der Waals surface area contributed by atoms with E-state index in [-0.39, 0.29) is 12.4 Å². The van der Waals surface area contributed by atoms with E-state index in [1.165, 1.54) is 0 Å². The Kier molecular flexibility index (Phi) is 9.19. The molecule has 0 aliphatic heterocycles. The number of nitrogens with zero attached hydrogens (tertiary/aromatic N) is 1. The third-order valence-corrected chi connectivity index (χ3v) is 1.37. The standard InChI is InChI=1S/C8H15NO2.H2O4S/c1-7(2)8(11)6-9(3)4-5-10;1-5(2,3)4/h10H,1,4-6H2,2-3H3;(H2,1,2,3,4). The molecule has 0 saturated heterocycles. The molecule has 0 unspecified atom stereocenters. The molecule has 0 rings (SSSR count). The molecule has 8 heteroatoms. The number of ketones is 1. The molecule has 16 heavy (non-hydrogen) atoms. The number of hydrogen-bond donors (Lipinski definition) is 3. The van der Waals surface area contributed by atoms with Crippen molar-refractivity contribution in [2.24, 2.45) is 0 Å². The summed E-state index contributed by atoms with van der Waals surface area (Å²) < 4.78 is 31.6. The smallest absolute Gasteiger partial charge is 0.394 e. The van der Waals surface area contributed by atoms with E-state index in [0.717, 1.165) is 0 Å². The zero-order valence-electron chi connectivity index (χ0n) is 9.25. The van der Waals surface area contributed by atoms with Gasteiger partial charge in [-0.05, 0) is 19.5 Å². The molecule has 0 radical (unpaired) electrons. The van der Waals surface area contributed by atoms with Crippen LogP contribution >= 0.6 is 0 Å². The first-order valence-corrected chi connectivity index (χ1v) is 5.65. The first-order valence-electron chi connectivity index (χ1n) is 4.26. The van der Waals surface area contributed by atoms with Crippen molar-refractivity contribution in [2.75, 3.05) is 26.7 Å². The van der Waals surface area contributed by atoms with Crippen LogP contribution in [0.25, 0.3) is 0 Å². The van der Waals surface area contributed by atoms with Gasteiger partial charge in [-0.3, -0.25) is 18.8 Å². The average molecular weight is 255 g/mol. The Morgan fingerprint density at radius 3 is 2.00 bits per heavy atom. The summed E-state index contributed by atoms with van der Waals surface area (Å²) in [7, 11) is -2.88. The second-order valence-electron chi connectivity index (χ2n) is 3.11. The van der Waals surface area contributed by atoms with Crippen molar-refractivity contribution in [3.05, 3.63) is 12.2 Å². The lowest BCUT2D eigenvalue weighted by atomic mass is 10.2. The summed E-state index contributed by atoms with van der Waals surface area (Å²) in [4.78, 5) is 12.8. The van der Waals surface area contributed by atoms with Crippen LogP contribution in [0.1, 0.15) is 6.92 Å². The SMILES string of the molecule is C=C(C)C(=O)CN(C)CCO.O=S(=O)(O)O. The summed E-state index contributed by atoms with van der Waals surface area (Å²) in [5.74, 6) is 0.0287. The summed E-state index contributed by atoms with van der Waals surface area (Å²) >= 11 is 0. The van der Waals surface area contributed by atoms with E-state index in [1.54, 1.807) is 18.9 Å². The molecule has 0 fully saturated rings. The van der Waals surface area contributed by atoms with Crippen LogP contribution in [0.3, 0.4) is 0 Å². The fraction of sp³-hybridized carbons (Fsp3) is 0.625. The fourth-order valence-corrected chi connectivity index (χ4v) is 0.630. The summed E-state index contributed by atoms with van der Waals surface area (Å²) in [6.45, 7) is 6.17. The third-order valence-electron chi connectivity index (χ3n) is 1.37. The molecule has 0 bridgehead atoms. The predicted octanol–water partition coefficient (Wildman–Crippen LogP) is -0.597. The Hall–Kier alpha value is -0.800. The van der Waals surface area contributed by atoms with Crippen LogP contribution in [0.2, 0.25) is 0 Å². The van der Waals surface area contributed by atoms with Crippen molar-refractivity contribution >= 4 is 16.2 Å². The molecule has 0 spiro atoms. The van der Waals surface area contributed by atoms with Crippen LogP contribution in [-0.4, -0.2) is 60.1 Å². The highest BCUT2D eigenvalue weighted by molar-refractivity contribution is 7.79. The van der Waals surface area contributed by atoms with Gasteiger partial charge in [0.1, 0.15) is 0 Å². The van der Waals surface area contributed by atoms with Crippen LogP contribution in [0.15, 0.2) is 12.2 Å². The van der Waals surface area contributed by atoms with Crippen molar-refractivity contribution in [3.63, 3.8) is 0 Å². The van der Waals surface area contributed by atoms with Gasteiger partial charge in [0, 0.05) is 6.54 Å². The van der Waals surface area contributed by atoms with Crippen molar-refractivity contribution in [2.45, 2.75) is 6.92 Å². The Balaban J connectivity index is 0. The van der Waals surface area contributed by atoms with Gasteiger partial charge in [0.05, 0.1) is 13.2 Å². The van der Waals surface area contributed by atoms with Crippen LogP contribution in [-0.2, 0) is 15.2 Å². The van der Waals surface area contributed by atoms with E-state index < -0.39 is 10.4 Å². The Bertz CT molecular complexity index is 315. The highest BCUT2D eigenvalue weighted by Crippen LogP contribution is 1.91. The number of carbonyl (C=O) groups is 1. The number of hydrogen-bond acceptors (Lipinski definition) is 5. The van der Waals surface area contributed by atoms with Crippen molar-refractivity contribution in [1.29, 1.82) is 0 Å². The summed E-state index contributed by atoms with van der Waals surface area (Å²) in [5, 5.41) is 8.51. The van der Waals surface area contributed by atoms with E-state index in [0.29, 0.717) is 18.7 Å². The minimum atomic E-state index is -4.67.